The monoisotopic (exact) mass is 339 g/mol. The molecule has 8 heteroatoms. The fraction of sp³-hybridized carbons (Fsp3) is 0.417. The van der Waals surface area contributed by atoms with Crippen molar-refractivity contribution in [2.24, 2.45) is 5.92 Å². The maximum atomic E-state index is 12.7. The van der Waals surface area contributed by atoms with Crippen LogP contribution in [0.15, 0.2) is 12.1 Å². The average Bonchev–Trinajstić information content (AvgIpc) is 2.63. The third kappa shape index (κ3) is 3.42. The summed E-state index contributed by atoms with van der Waals surface area (Å²) in [5, 5.41) is 0.837. The molecule has 0 saturated carbocycles. The van der Waals surface area contributed by atoms with Crippen LogP contribution >= 0.6 is 23.2 Å². The third-order valence-electron chi connectivity index (χ3n) is 3.22. The van der Waals surface area contributed by atoms with E-state index in [-0.39, 0.29) is 18.9 Å². The van der Waals surface area contributed by atoms with Crippen LogP contribution in [0.1, 0.15) is 12.0 Å². The number of carbonyl (C=O) groups is 1. The lowest BCUT2D eigenvalue weighted by Crippen LogP contribution is -2.25. The predicted octanol–water partition coefficient (Wildman–Crippen LogP) is 2.95. The van der Waals surface area contributed by atoms with Crippen molar-refractivity contribution in [1.29, 1.82) is 0 Å². The Morgan fingerprint density at radius 2 is 1.90 bits per heavy atom. The van der Waals surface area contributed by atoms with Crippen molar-refractivity contribution in [3.05, 3.63) is 27.7 Å². The van der Waals surface area contributed by atoms with E-state index in [9.17, 15) is 17.1 Å². The van der Waals surface area contributed by atoms with Crippen molar-refractivity contribution < 1.29 is 17.1 Å². The highest BCUT2D eigenvalue weighted by molar-refractivity contribution is 7.86. The van der Waals surface area contributed by atoms with Gasteiger partial charge in [0.2, 0.25) is 5.91 Å². The van der Waals surface area contributed by atoms with E-state index in [0.29, 0.717) is 21.3 Å². The van der Waals surface area contributed by atoms with Crippen LogP contribution in [0, 0.1) is 12.8 Å². The van der Waals surface area contributed by atoms with Gasteiger partial charge in [0.25, 0.3) is 0 Å². The van der Waals surface area contributed by atoms with Gasteiger partial charge in [-0.3, -0.25) is 4.79 Å². The van der Waals surface area contributed by atoms with E-state index >= 15 is 0 Å². The molecule has 1 unspecified atom stereocenters. The first-order valence-corrected chi connectivity index (χ1v) is 8.16. The van der Waals surface area contributed by atoms with E-state index in [1.807, 2.05) is 0 Å². The fourth-order valence-electron chi connectivity index (χ4n) is 2.21. The Bertz CT molecular complexity index is 640. The average molecular weight is 340 g/mol. The first kappa shape index (κ1) is 15.5. The van der Waals surface area contributed by atoms with Gasteiger partial charge in [-0.2, -0.15) is 8.42 Å². The molecule has 1 heterocycles. The summed E-state index contributed by atoms with van der Waals surface area (Å²) in [4.78, 5) is 13.3. The van der Waals surface area contributed by atoms with Crippen LogP contribution in [0.5, 0.6) is 0 Å². The molecule has 1 fully saturated rings. The number of hydrogen-bond donors (Lipinski definition) is 0. The summed E-state index contributed by atoms with van der Waals surface area (Å²) in [6.45, 7) is 1.89. The minimum Gasteiger partial charge on any atom is -0.312 e. The summed E-state index contributed by atoms with van der Waals surface area (Å²) < 4.78 is 34.0. The summed E-state index contributed by atoms with van der Waals surface area (Å²) in [5.41, 5.74) is 1.20. The van der Waals surface area contributed by atoms with Crippen molar-refractivity contribution in [2.75, 3.05) is 17.2 Å². The largest absolute Gasteiger partial charge is 0.312 e. The Kier molecular flexibility index (Phi) is 4.27. The van der Waals surface area contributed by atoms with E-state index in [1.54, 1.807) is 19.1 Å². The molecule has 4 nitrogen and oxygen atoms in total. The maximum Gasteiger partial charge on any atom is 0.302 e. The Balaban J connectivity index is 2.24. The quantitative estimate of drug-likeness (QED) is 0.795. The summed E-state index contributed by atoms with van der Waals surface area (Å²) in [6, 6.07) is 3.18. The van der Waals surface area contributed by atoms with Crippen LogP contribution < -0.4 is 4.90 Å². The number of anilines is 1. The second-order valence-corrected chi connectivity index (χ2v) is 7.04. The van der Waals surface area contributed by atoms with Crippen LogP contribution in [0.2, 0.25) is 10.0 Å². The second kappa shape index (κ2) is 5.50. The number of hydrogen-bond acceptors (Lipinski definition) is 3. The molecule has 0 spiro atoms. The first-order chi connectivity index (χ1) is 9.17. The van der Waals surface area contributed by atoms with Gasteiger partial charge in [-0.15, -0.1) is 3.89 Å². The van der Waals surface area contributed by atoms with Crippen LogP contribution in [-0.2, 0) is 15.0 Å². The smallest absolute Gasteiger partial charge is 0.302 e. The first-order valence-electron chi connectivity index (χ1n) is 5.85. The van der Waals surface area contributed by atoms with E-state index in [2.05, 4.69) is 0 Å². The number of halogens is 3. The van der Waals surface area contributed by atoms with Gasteiger partial charge in [0, 0.05) is 34.6 Å². The predicted molar refractivity (Wildman–Crippen MR) is 76.6 cm³/mol. The molecule has 0 aliphatic carbocycles. The van der Waals surface area contributed by atoms with Gasteiger partial charge in [0.05, 0.1) is 5.75 Å². The number of rotatable bonds is 3. The summed E-state index contributed by atoms with van der Waals surface area (Å²) in [7, 11) is -4.59. The van der Waals surface area contributed by atoms with Gasteiger partial charge < -0.3 is 4.90 Å². The van der Waals surface area contributed by atoms with Crippen molar-refractivity contribution in [1.82, 2.24) is 0 Å². The van der Waals surface area contributed by atoms with Gasteiger partial charge in [-0.25, -0.2) is 0 Å². The van der Waals surface area contributed by atoms with Gasteiger partial charge >= 0.3 is 10.2 Å². The van der Waals surface area contributed by atoms with E-state index in [0.717, 1.165) is 0 Å². The van der Waals surface area contributed by atoms with Gasteiger partial charge in [-0.05, 0) is 24.6 Å². The number of nitrogens with zero attached hydrogens (tertiary/aromatic N) is 1. The lowest BCUT2D eigenvalue weighted by molar-refractivity contribution is -0.117. The van der Waals surface area contributed by atoms with Gasteiger partial charge in [-0.1, -0.05) is 23.2 Å². The number of carbonyl (C=O) groups excluding carboxylic acids is 1. The molecule has 0 N–H and O–H groups in total. The lowest BCUT2D eigenvalue weighted by atomic mass is 10.1. The topological polar surface area (TPSA) is 54.5 Å². The van der Waals surface area contributed by atoms with E-state index in [1.165, 1.54) is 4.90 Å². The van der Waals surface area contributed by atoms with E-state index < -0.39 is 21.9 Å². The molecule has 0 bridgehead atoms. The minimum absolute atomic E-state index is 0.00767. The molecule has 110 valence electrons. The molecule has 1 aromatic carbocycles. The number of benzene rings is 1. The maximum absolute atomic E-state index is 12.7. The van der Waals surface area contributed by atoms with Crippen LogP contribution in [-0.4, -0.2) is 26.6 Å². The van der Waals surface area contributed by atoms with Crippen molar-refractivity contribution in [3.63, 3.8) is 0 Å². The summed E-state index contributed by atoms with van der Waals surface area (Å²) in [6.07, 6.45) is -0.00767. The Morgan fingerprint density at radius 1 is 1.35 bits per heavy atom. The Labute approximate surface area is 126 Å². The van der Waals surface area contributed by atoms with Crippen molar-refractivity contribution in [2.45, 2.75) is 13.3 Å². The molecule has 0 radical (unpaired) electrons. The molecule has 1 aliphatic rings. The minimum atomic E-state index is -4.59. The van der Waals surface area contributed by atoms with Crippen molar-refractivity contribution in [3.8, 4) is 0 Å². The normalized spacial score (nSPS) is 19.7. The zero-order valence-corrected chi connectivity index (χ0v) is 12.9. The summed E-state index contributed by atoms with van der Waals surface area (Å²) in [5.74, 6) is -1.48. The fourth-order valence-corrected chi connectivity index (χ4v) is 3.47. The SMILES string of the molecule is Cc1c(Cl)cc(N2CC(CS(=O)(=O)F)CC2=O)cc1Cl. The molecule has 1 saturated heterocycles. The molecular weight excluding hydrogens is 328 g/mol. The van der Waals surface area contributed by atoms with Gasteiger partial charge in [0.15, 0.2) is 0 Å². The van der Waals surface area contributed by atoms with Crippen molar-refractivity contribution >= 4 is 45.0 Å². The highest BCUT2D eigenvalue weighted by Gasteiger charge is 2.34. The molecule has 1 atom stereocenters. The standard InChI is InChI=1S/C12H12Cl2FNO3S/c1-7-10(13)3-9(4-11(7)14)16-5-8(2-12(16)17)6-20(15,18)19/h3-4,8H,2,5-6H2,1H3. The molecule has 20 heavy (non-hydrogen) atoms. The molecular formula is C12H12Cl2FNO3S. The Morgan fingerprint density at radius 3 is 2.40 bits per heavy atom. The summed E-state index contributed by atoms with van der Waals surface area (Å²) >= 11 is 12.0. The molecule has 2 rings (SSSR count). The number of amides is 1. The van der Waals surface area contributed by atoms with Gasteiger partial charge in [0.1, 0.15) is 0 Å². The third-order valence-corrected chi connectivity index (χ3v) is 4.87. The molecule has 1 amide bonds. The highest BCUT2D eigenvalue weighted by Crippen LogP contribution is 2.33. The molecule has 1 aliphatic heterocycles. The zero-order valence-electron chi connectivity index (χ0n) is 10.6. The molecule has 1 aromatic rings. The van der Waals surface area contributed by atoms with Crippen LogP contribution in [0.3, 0.4) is 0 Å². The zero-order chi connectivity index (χ0) is 15.1. The lowest BCUT2D eigenvalue weighted by Gasteiger charge is -2.18. The Hall–Kier alpha value is -0.850. The highest BCUT2D eigenvalue weighted by atomic mass is 35.5. The van der Waals surface area contributed by atoms with Crippen LogP contribution in [0.25, 0.3) is 0 Å². The second-order valence-electron chi connectivity index (χ2n) is 4.81. The molecule has 0 aromatic heterocycles. The van der Waals surface area contributed by atoms with Crippen LogP contribution in [0.4, 0.5) is 9.57 Å². The van der Waals surface area contributed by atoms with E-state index in [4.69, 9.17) is 23.2 Å².